The third-order valence-corrected chi connectivity index (χ3v) is 1.84. The summed E-state index contributed by atoms with van der Waals surface area (Å²) in [6.45, 7) is 5.39. The molecule has 0 amide bonds. The third kappa shape index (κ3) is 3.18. The van der Waals surface area contributed by atoms with E-state index in [9.17, 15) is 4.79 Å². The molecule has 1 aliphatic carbocycles. The van der Waals surface area contributed by atoms with Gasteiger partial charge in [0.25, 0.3) is 0 Å². The van der Waals surface area contributed by atoms with Crippen molar-refractivity contribution < 1.29 is 19.7 Å². The molecular formula is C11H16O4. The molecule has 0 radical (unpaired) electrons. The van der Waals surface area contributed by atoms with Gasteiger partial charge in [0.05, 0.1) is 5.60 Å². The van der Waals surface area contributed by atoms with Crippen LogP contribution in [0.5, 0.6) is 0 Å². The van der Waals surface area contributed by atoms with Crippen molar-refractivity contribution in [3.63, 3.8) is 0 Å². The minimum atomic E-state index is -1.39. The van der Waals surface area contributed by atoms with Crippen molar-refractivity contribution in [3.05, 3.63) is 24.3 Å². The molecule has 84 valence electrons. The molecule has 1 N–H and O–H groups in total. The van der Waals surface area contributed by atoms with Gasteiger partial charge in [-0.1, -0.05) is 18.2 Å². The van der Waals surface area contributed by atoms with E-state index < -0.39 is 17.2 Å². The normalized spacial score (nSPS) is 25.5. The van der Waals surface area contributed by atoms with Gasteiger partial charge in [0.2, 0.25) is 5.60 Å². The van der Waals surface area contributed by atoms with Crippen LogP contribution in [0.1, 0.15) is 27.2 Å². The average molecular weight is 212 g/mol. The van der Waals surface area contributed by atoms with E-state index in [0.29, 0.717) is 0 Å². The van der Waals surface area contributed by atoms with Crippen LogP contribution in [0.3, 0.4) is 0 Å². The van der Waals surface area contributed by atoms with E-state index in [0.717, 1.165) is 0 Å². The number of carbonyl (C=O) groups is 1. The fourth-order valence-corrected chi connectivity index (χ4v) is 1.06. The fourth-order valence-electron chi connectivity index (χ4n) is 1.06. The number of rotatable bonds is 3. The van der Waals surface area contributed by atoms with Crippen LogP contribution in [0.25, 0.3) is 0 Å². The molecule has 1 rings (SSSR count). The number of hydrogen-bond acceptors (Lipinski definition) is 3. The minimum absolute atomic E-state index is 0.273. The number of allylic oxidation sites excluding steroid dienone is 2. The summed E-state index contributed by atoms with van der Waals surface area (Å²) in [5.41, 5.74) is -1.92. The van der Waals surface area contributed by atoms with Gasteiger partial charge in [-0.3, -0.25) is 0 Å². The van der Waals surface area contributed by atoms with E-state index in [1.807, 2.05) is 0 Å². The van der Waals surface area contributed by atoms with E-state index in [1.165, 1.54) is 6.08 Å². The highest BCUT2D eigenvalue weighted by molar-refractivity contribution is 5.80. The molecule has 4 heteroatoms. The molecule has 0 heterocycles. The molecule has 0 bridgehead atoms. The standard InChI is InChI=1S/C11H16O4/c1-10(2,3)14-15-11(9(12)13)7-5-4-6-8-11/h4-7H,8H2,1-3H3,(H,12,13). The van der Waals surface area contributed by atoms with Crippen molar-refractivity contribution in [1.29, 1.82) is 0 Å². The van der Waals surface area contributed by atoms with Crippen molar-refractivity contribution in [2.45, 2.75) is 38.4 Å². The van der Waals surface area contributed by atoms with Crippen LogP contribution in [-0.4, -0.2) is 22.3 Å². The second kappa shape index (κ2) is 4.16. The van der Waals surface area contributed by atoms with Crippen LogP contribution in [0.2, 0.25) is 0 Å². The first-order valence-electron chi connectivity index (χ1n) is 4.80. The average Bonchev–Trinajstić information content (AvgIpc) is 2.15. The Morgan fingerprint density at radius 3 is 2.47 bits per heavy atom. The smallest absolute Gasteiger partial charge is 0.343 e. The van der Waals surface area contributed by atoms with Crippen LogP contribution in [-0.2, 0) is 14.6 Å². The molecule has 0 aromatic heterocycles. The summed E-state index contributed by atoms with van der Waals surface area (Å²) >= 11 is 0. The zero-order valence-electron chi connectivity index (χ0n) is 9.19. The number of carboxylic acid groups (broad SMARTS) is 1. The van der Waals surface area contributed by atoms with E-state index in [1.54, 1.807) is 39.0 Å². The molecule has 4 nitrogen and oxygen atoms in total. The second-order valence-corrected chi connectivity index (χ2v) is 4.47. The molecule has 1 atom stereocenters. The first kappa shape index (κ1) is 11.9. The van der Waals surface area contributed by atoms with Crippen LogP contribution < -0.4 is 0 Å². The van der Waals surface area contributed by atoms with Gasteiger partial charge in [-0.2, -0.15) is 0 Å². The van der Waals surface area contributed by atoms with Gasteiger partial charge in [0.1, 0.15) is 0 Å². The number of aliphatic carboxylic acids is 1. The van der Waals surface area contributed by atoms with Gasteiger partial charge in [0, 0.05) is 6.42 Å². The fraction of sp³-hybridized carbons (Fsp3) is 0.545. The monoisotopic (exact) mass is 212 g/mol. The molecule has 1 aliphatic rings. The maximum Gasteiger partial charge on any atom is 0.343 e. The van der Waals surface area contributed by atoms with Crippen LogP contribution >= 0.6 is 0 Å². The van der Waals surface area contributed by atoms with Gasteiger partial charge >= 0.3 is 5.97 Å². The number of carboxylic acids is 1. The second-order valence-electron chi connectivity index (χ2n) is 4.47. The van der Waals surface area contributed by atoms with E-state index in [-0.39, 0.29) is 6.42 Å². The first-order chi connectivity index (χ1) is 6.86. The van der Waals surface area contributed by atoms with E-state index in [4.69, 9.17) is 14.9 Å². The Labute approximate surface area is 89.1 Å². The van der Waals surface area contributed by atoms with Gasteiger partial charge in [0.15, 0.2) is 0 Å². The Balaban J connectivity index is 2.72. The highest BCUT2D eigenvalue weighted by Gasteiger charge is 2.39. The summed E-state index contributed by atoms with van der Waals surface area (Å²) in [4.78, 5) is 21.2. The number of hydrogen-bond donors (Lipinski definition) is 1. The maximum absolute atomic E-state index is 11.1. The van der Waals surface area contributed by atoms with Crippen LogP contribution in [0.15, 0.2) is 24.3 Å². The topological polar surface area (TPSA) is 55.8 Å². The lowest BCUT2D eigenvalue weighted by Crippen LogP contribution is -2.42. The maximum atomic E-state index is 11.1. The quantitative estimate of drug-likeness (QED) is 0.574. The molecule has 0 saturated carbocycles. The molecule has 0 spiro atoms. The van der Waals surface area contributed by atoms with Crippen LogP contribution in [0, 0.1) is 0 Å². The molecule has 0 aromatic carbocycles. The molecule has 15 heavy (non-hydrogen) atoms. The zero-order chi connectivity index (χ0) is 11.5. The van der Waals surface area contributed by atoms with Crippen molar-refractivity contribution in [2.75, 3.05) is 0 Å². The largest absolute Gasteiger partial charge is 0.479 e. The predicted octanol–water partition coefficient (Wildman–Crippen LogP) is 2.07. The van der Waals surface area contributed by atoms with Gasteiger partial charge in [-0.05, 0) is 26.8 Å². The Kier molecular flexibility index (Phi) is 3.31. The first-order valence-corrected chi connectivity index (χ1v) is 4.80. The van der Waals surface area contributed by atoms with Crippen molar-refractivity contribution in [3.8, 4) is 0 Å². The van der Waals surface area contributed by atoms with Crippen molar-refractivity contribution in [2.24, 2.45) is 0 Å². The molecule has 0 fully saturated rings. The summed E-state index contributed by atoms with van der Waals surface area (Å²) in [5, 5.41) is 9.10. The summed E-state index contributed by atoms with van der Waals surface area (Å²) < 4.78 is 0. The molecule has 0 saturated heterocycles. The predicted molar refractivity (Wildman–Crippen MR) is 55.2 cm³/mol. The molecule has 0 aliphatic heterocycles. The Bertz CT molecular complexity index is 298. The Hall–Kier alpha value is -1.13. The summed E-state index contributed by atoms with van der Waals surface area (Å²) in [5.74, 6) is -1.05. The lowest BCUT2D eigenvalue weighted by molar-refractivity contribution is -0.386. The third-order valence-electron chi connectivity index (χ3n) is 1.84. The van der Waals surface area contributed by atoms with Gasteiger partial charge < -0.3 is 5.11 Å². The molecule has 0 aromatic rings. The Morgan fingerprint density at radius 2 is 2.07 bits per heavy atom. The zero-order valence-corrected chi connectivity index (χ0v) is 9.19. The summed E-state index contributed by atoms with van der Waals surface area (Å²) in [6.07, 6.45) is 6.92. The highest BCUT2D eigenvalue weighted by atomic mass is 17.2. The summed E-state index contributed by atoms with van der Waals surface area (Å²) in [7, 11) is 0. The van der Waals surface area contributed by atoms with Crippen molar-refractivity contribution >= 4 is 5.97 Å². The van der Waals surface area contributed by atoms with E-state index >= 15 is 0 Å². The minimum Gasteiger partial charge on any atom is -0.479 e. The van der Waals surface area contributed by atoms with E-state index in [2.05, 4.69) is 0 Å². The van der Waals surface area contributed by atoms with Crippen LogP contribution in [0.4, 0.5) is 0 Å². The van der Waals surface area contributed by atoms with Crippen molar-refractivity contribution in [1.82, 2.24) is 0 Å². The van der Waals surface area contributed by atoms with Gasteiger partial charge in [-0.15, -0.1) is 0 Å². The molecular weight excluding hydrogens is 196 g/mol. The summed E-state index contributed by atoms with van der Waals surface area (Å²) in [6, 6.07) is 0. The highest BCUT2D eigenvalue weighted by Crippen LogP contribution is 2.25. The van der Waals surface area contributed by atoms with Gasteiger partial charge in [-0.25, -0.2) is 14.6 Å². The lowest BCUT2D eigenvalue weighted by Gasteiger charge is -2.29. The SMILES string of the molecule is CC(C)(C)OOC1(C(=O)O)C=CC=CC1. The Morgan fingerprint density at radius 1 is 1.40 bits per heavy atom. The lowest BCUT2D eigenvalue weighted by atomic mass is 9.96. The molecule has 1 unspecified atom stereocenters.